The van der Waals surface area contributed by atoms with Gasteiger partial charge in [-0.05, 0) is 26.8 Å². The van der Waals surface area contributed by atoms with E-state index in [1.165, 1.54) is 6.33 Å². The minimum absolute atomic E-state index is 0.0907. The standard InChI is InChI=1S/C17H19N3O2/c1-11-13(9-18-10-19-11)16(21)20-14-8-17(2,3)22-15-7-5-4-6-12(14)15/h4-7,9-10,14H,8H2,1-3H3,(H,20,21)/t14-/m0/s1. The SMILES string of the molecule is Cc1ncncc1C(=O)N[C@H]1CC(C)(C)Oc2ccccc21. The van der Waals surface area contributed by atoms with Crippen LogP contribution in [0.2, 0.25) is 0 Å². The van der Waals surface area contributed by atoms with E-state index in [1.807, 2.05) is 38.1 Å². The summed E-state index contributed by atoms with van der Waals surface area (Å²) in [5, 5.41) is 3.09. The fourth-order valence-corrected chi connectivity index (χ4v) is 2.78. The number of benzene rings is 1. The molecular weight excluding hydrogens is 278 g/mol. The van der Waals surface area contributed by atoms with Crippen LogP contribution in [0.5, 0.6) is 5.75 Å². The predicted octanol–water partition coefficient (Wildman–Crippen LogP) is 2.82. The van der Waals surface area contributed by atoms with Crippen LogP contribution in [0.3, 0.4) is 0 Å². The molecule has 3 rings (SSSR count). The van der Waals surface area contributed by atoms with E-state index in [9.17, 15) is 4.79 Å². The minimum atomic E-state index is -0.325. The molecule has 1 aromatic heterocycles. The van der Waals surface area contributed by atoms with Crippen LogP contribution in [0.4, 0.5) is 0 Å². The van der Waals surface area contributed by atoms with Crippen molar-refractivity contribution in [1.82, 2.24) is 15.3 Å². The first-order valence-electron chi connectivity index (χ1n) is 7.32. The summed E-state index contributed by atoms with van der Waals surface area (Å²) >= 11 is 0. The third kappa shape index (κ3) is 2.79. The van der Waals surface area contributed by atoms with E-state index in [2.05, 4.69) is 15.3 Å². The summed E-state index contributed by atoms with van der Waals surface area (Å²) in [6.45, 7) is 5.86. The van der Waals surface area contributed by atoms with Gasteiger partial charge < -0.3 is 10.1 Å². The molecule has 1 atom stereocenters. The normalized spacial score (nSPS) is 19.0. The highest BCUT2D eigenvalue weighted by Crippen LogP contribution is 2.39. The Kier molecular flexibility index (Phi) is 3.56. The van der Waals surface area contributed by atoms with E-state index in [1.54, 1.807) is 13.1 Å². The van der Waals surface area contributed by atoms with Crippen molar-refractivity contribution >= 4 is 5.91 Å². The number of fused-ring (bicyclic) bond motifs is 1. The van der Waals surface area contributed by atoms with E-state index in [0.29, 0.717) is 17.7 Å². The summed E-state index contributed by atoms with van der Waals surface area (Å²) in [5.41, 5.74) is 1.86. The first-order chi connectivity index (χ1) is 10.5. The van der Waals surface area contributed by atoms with Crippen LogP contribution in [0.15, 0.2) is 36.8 Å². The summed E-state index contributed by atoms with van der Waals surface area (Å²) in [7, 11) is 0. The third-order valence-electron chi connectivity index (χ3n) is 3.84. The van der Waals surface area contributed by atoms with Crippen LogP contribution in [-0.4, -0.2) is 21.5 Å². The highest BCUT2D eigenvalue weighted by atomic mass is 16.5. The predicted molar refractivity (Wildman–Crippen MR) is 82.7 cm³/mol. The molecule has 1 amide bonds. The van der Waals surface area contributed by atoms with Gasteiger partial charge in [-0.2, -0.15) is 0 Å². The lowest BCUT2D eigenvalue weighted by atomic mass is 9.89. The van der Waals surface area contributed by atoms with E-state index < -0.39 is 0 Å². The zero-order valence-corrected chi connectivity index (χ0v) is 13.0. The molecule has 0 aliphatic carbocycles. The van der Waals surface area contributed by atoms with E-state index >= 15 is 0 Å². The molecule has 0 spiro atoms. The summed E-state index contributed by atoms with van der Waals surface area (Å²) in [5.74, 6) is 0.667. The molecular formula is C17H19N3O2. The highest BCUT2D eigenvalue weighted by molar-refractivity contribution is 5.95. The number of nitrogens with zero attached hydrogens (tertiary/aromatic N) is 2. The molecule has 2 aromatic rings. The average molecular weight is 297 g/mol. The topological polar surface area (TPSA) is 64.1 Å². The Morgan fingerprint density at radius 3 is 2.91 bits per heavy atom. The van der Waals surface area contributed by atoms with Crippen LogP contribution in [0.25, 0.3) is 0 Å². The lowest BCUT2D eigenvalue weighted by Crippen LogP contribution is -2.41. The molecule has 1 aliphatic rings. The lowest BCUT2D eigenvalue weighted by Gasteiger charge is -2.37. The first kappa shape index (κ1) is 14.5. The molecule has 1 aliphatic heterocycles. The minimum Gasteiger partial charge on any atom is -0.487 e. The number of ether oxygens (including phenoxy) is 1. The van der Waals surface area contributed by atoms with Crippen molar-refractivity contribution < 1.29 is 9.53 Å². The van der Waals surface area contributed by atoms with Crippen molar-refractivity contribution in [3.8, 4) is 5.75 Å². The van der Waals surface area contributed by atoms with Gasteiger partial charge in [0, 0.05) is 18.2 Å². The summed E-state index contributed by atoms with van der Waals surface area (Å²) in [6, 6.07) is 7.73. The van der Waals surface area contributed by atoms with E-state index in [-0.39, 0.29) is 17.6 Å². The Hall–Kier alpha value is -2.43. The number of carbonyl (C=O) groups excluding carboxylic acids is 1. The molecule has 1 N–H and O–H groups in total. The smallest absolute Gasteiger partial charge is 0.255 e. The lowest BCUT2D eigenvalue weighted by molar-refractivity contribution is 0.0619. The molecule has 1 aromatic carbocycles. The zero-order valence-electron chi connectivity index (χ0n) is 13.0. The van der Waals surface area contributed by atoms with Crippen molar-refractivity contribution in [1.29, 1.82) is 0 Å². The number of amides is 1. The van der Waals surface area contributed by atoms with E-state index in [4.69, 9.17) is 4.74 Å². The Labute approximate surface area is 129 Å². The number of rotatable bonds is 2. The van der Waals surface area contributed by atoms with Gasteiger partial charge in [-0.1, -0.05) is 18.2 Å². The monoisotopic (exact) mass is 297 g/mol. The molecule has 0 saturated carbocycles. The number of aryl methyl sites for hydroxylation is 1. The number of nitrogens with one attached hydrogen (secondary N) is 1. The van der Waals surface area contributed by atoms with Crippen LogP contribution in [-0.2, 0) is 0 Å². The van der Waals surface area contributed by atoms with Crippen LogP contribution in [0, 0.1) is 6.92 Å². The quantitative estimate of drug-likeness (QED) is 0.925. The van der Waals surface area contributed by atoms with Crippen LogP contribution >= 0.6 is 0 Å². The molecule has 5 heteroatoms. The maximum absolute atomic E-state index is 12.5. The third-order valence-corrected chi connectivity index (χ3v) is 3.84. The second-order valence-corrected chi connectivity index (χ2v) is 6.15. The number of hydrogen-bond acceptors (Lipinski definition) is 4. The number of carbonyl (C=O) groups is 1. The molecule has 5 nitrogen and oxygen atoms in total. The summed E-state index contributed by atoms with van der Waals surface area (Å²) in [6.07, 6.45) is 3.70. The van der Waals surface area contributed by atoms with Crippen molar-refractivity contribution in [3.63, 3.8) is 0 Å². The van der Waals surface area contributed by atoms with Gasteiger partial charge in [0.25, 0.3) is 5.91 Å². The van der Waals surface area contributed by atoms with Gasteiger partial charge in [-0.25, -0.2) is 9.97 Å². The fraction of sp³-hybridized carbons (Fsp3) is 0.353. The van der Waals surface area contributed by atoms with Gasteiger partial charge in [-0.3, -0.25) is 4.79 Å². The number of aromatic nitrogens is 2. The Bertz CT molecular complexity index is 713. The maximum atomic E-state index is 12.5. The summed E-state index contributed by atoms with van der Waals surface area (Å²) in [4.78, 5) is 20.5. The van der Waals surface area contributed by atoms with Crippen molar-refractivity contribution in [3.05, 3.63) is 53.6 Å². The second-order valence-electron chi connectivity index (χ2n) is 6.15. The van der Waals surface area contributed by atoms with Gasteiger partial charge in [0.05, 0.1) is 17.3 Å². The summed E-state index contributed by atoms with van der Waals surface area (Å²) < 4.78 is 5.98. The van der Waals surface area contributed by atoms with Gasteiger partial charge >= 0.3 is 0 Å². The van der Waals surface area contributed by atoms with Crippen molar-refractivity contribution in [2.45, 2.75) is 38.8 Å². The molecule has 0 fully saturated rings. The molecule has 22 heavy (non-hydrogen) atoms. The van der Waals surface area contributed by atoms with Gasteiger partial charge in [0.1, 0.15) is 17.7 Å². The van der Waals surface area contributed by atoms with Crippen LogP contribution < -0.4 is 10.1 Å². The van der Waals surface area contributed by atoms with Gasteiger partial charge in [0.15, 0.2) is 0 Å². The molecule has 114 valence electrons. The number of para-hydroxylation sites is 1. The molecule has 0 saturated heterocycles. The second kappa shape index (κ2) is 5.40. The molecule has 0 unspecified atom stereocenters. The fourth-order valence-electron chi connectivity index (χ4n) is 2.78. The Balaban J connectivity index is 1.89. The molecule has 0 radical (unpaired) electrons. The van der Waals surface area contributed by atoms with E-state index in [0.717, 1.165) is 11.3 Å². The number of hydrogen-bond donors (Lipinski definition) is 1. The average Bonchev–Trinajstić information content (AvgIpc) is 2.46. The van der Waals surface area contributed by atoms with Crippen molar-refractivity contribution in [2.24, 2.45) is 0 Å². The van der Waals surface area contributed by atoms with Crippen molar-refractivity contribution in [2.75, 3.05) is 0 Å². The Morgan fingerprint density at radius 1 is 1.36 bits per heavy atom. The zero-order chi connectivity index (χ0) is 15.7. The highest BCUT2D eigenvalue weighted by Gasteiger charge is 2.34. The molecule has 0 bridgehead atoms. The molecule has 2 heterocycles. The van der Waals surface area contributed by atoms with Gasteiger partial charge in [0.2, 0.25) is 0 Å². The maximum Gasteiger partial charge on any atom is 0.255 e. The van der Waals surface area contributed by atoms with Crippen LogP contribution in [0.1, 0.15) is 47.9 Å². The Morgan fingerprint density at radius 2 is 2.14 bits per heavy atom. The first-order valence-corrected chi connectivity index (χ1v) is 7.32. The largest absolute Gasteiger partial charge is 0.487 e. The van der Waals surface area contributed by atoms with Gasteiger partial charge in [-0.15, -0.1) is 0 Å².